The Kier molecular flexibility index (Phi) is 3.77. The van der Waals surface area contributed by atoms with E-state index in [1.54, 1.807) is 25.1 Å². The van der Waals surface area contributed by atoms with Gasteiger partial charge in [-0.05, 0) is 13.0 Å². The lowest BCUT2D eigenvalue weighted by Gasteiger charge is -2.33. The minimum absolute atomic E-state index is 0.0570. The van der Waals surface area contributed by atoms with Crippen LogP contribution >= 0.6 is 0 Å². The van der Waals surface area contributed by atoms with Gasteiger partial charge in [0.25, 0.3) is 0 Å². The van der Waals surface area contributed by atoms with Gasteiger partial charge >= 0.3 is 5.97 Å². The molecule has 1 aromatic rings. The summed E-state index contributed by atoms with van der Waals surface area (Å²) in [6, 6.07) is 4.72. The molecule has 2 rings (SSSR count). The molecule has 2 N–H and O–H groups in total. The van der Waals surface area contributed by atoms with Crippen molar-refractivity contribution in [3.8, 4) is 0 Å². The molecule has 0 bridgehead atoms. The summed E-state index contributed by atoms with van der Waals surface area (Å²) >= 11 is 0. The molecule has 6 heteroatoms. The van der Waals surface area contributed by atoms with Gasteiger partial charge in [-0.2, -0.15) is 0 Å². The van der Waals surface area contributed by atoms with E-state index >= 15 is 0 Å². The van der Waals surface area contributed by atoms with E-state index in [-0.39, 0.29) is 11.0 Å². The standard InChI is InChI=1S/C12H14FNO3S/c1-7-11(8-4-2-3-5-9(8)13)14-10(12(15)16)6-18(7)17/h2-5,7,10-11,14H,6H2,1H3,(H,15,16). The van der Waals surface area contributed by atoms with Crippen LogP contribution in [0.2, 0.25) is 0 Å². The molecule has 1 saturated heterocycles. The van der Waals surface area contributed by atoms with E-state index in [1.165, 1.54) is 6.07 Å². The summed E-state index contributed by atoms with van der Waals surface area (Å²) in [6.45, 7) is 1.73. The van der Waals surface area contributed by atoms with E-state index in [4.69, 9.17) is 5.11 Å². The van der Waals surface area contributed by atoms with Gasteiger partial charge in [-0.15, -0.1) is 0 Å². The highest BCUT2D eigenvalue weighted by Gasteiger charge is 2.37. The third kappa shape index (κ3) is 2.44. The minimum atomic E-state index is -1.28. The molecule has 1 fully saturated rings. The number of halogens is 1. The number of carboxylic acid groups (broad SMARTS) is 1. The van der Waals surface area contributed by atoms with E-state index in [2.05, 4.69) is 5.32 Å². The maximum absolute atomic E-state index is 13.7. The van der Waals surface area contributed by atoms with E-state index in [0.717, 1.165) is 0 Å². The zero-order valence-corrected chi connectivity index (χ0v) is 10.6. The molecule has 98 valence electrons. The maximum Gasteiger partial charge on any atom is 0.321 e. The molecule has 1 aliphatic rings. The number of rotatable bonds is 2. The molecule has 1 aromatic carbocycles. The van der Waals surface area contributed by atoms with Gasteiger partial charge in [-0.25, -0.2) is 4.39 Å². The normalized spacial score (nSPS) is 32.1. The number of carboxylic acids is 1. The lowest BCUT2D eigenvalue weighted by molar-refractivity contribution is -0.139. The van der Waals surface area contributed by atoms with Crippen molar-refractivity contribution in [3.05, 3.63) is 35.6 Å². The number of carbonyl (C=O) groups is 1. The van der Waals surface area contributed by atoms with E-state index in [1.807, 2.05) is 0 Å². The van der Waals surface area contributed by atoms with Crippen LogP contribution in [0.15, 0.2) is 24.3 Å². The Morgan fingerprint density at radius 3 is 2.78 bits per heavy atom. The number of nitrogens with one attached hydrogen (secondary N) is 1. The van der Waals surface area contributed by atoms with E-state index in [9.17, 15) is 13.4 Å². The molecule has 4 unspecified atom stereocenters. The van der Waals surface area contributed by atoms with Gasteiger partial charge in [0, 0.05) is 28.2 Å². The molecule has 0 amide bonds. The molecule has 4 nitrogen and oxygen atoms in total. The Labute approximate surface area is 107 Å². The fourth-order valence-electron chi connectivity index (χ4n) is 2.08. The second-order valence-electron chi connectivity index (χ2n) is 4.31. The molecule has 1 aliphatic heterocycles. The smallest absolute Gasteiger partial charge is 0.321 e. The average Bonchev–Trinajstić information content (AvgIpc) is 2.33. The summed E-state index contributed by atoms with van der Waals surface area (Å²) in [4.78, 5) is 11.0. The third-order valence-corrected chi connectivity index (χ3v) is 4.90. The van der Waals surface area contributed by atoms with Crippen molar-refractivity contribution in [1.29, 1.82) is 0 Å². The molecular weight excluding hydrogens is 257 g/mol. The van der Waals surface area contributed by atoms with E-state index in [0.29, 0.717) is 5.56 Å². The Morgan fingerprint density at radius 1 is 1.50 bits per heavy atom. The highest BCUT2D eigenvalue weighted by atomic mass is 32.2. The molecule has 0 saturated carbocycles. The van der Waals surface area contributed by atoms with Gasteiger partial charge in [-0.3, -0.25) is 14.3 Å². The fourth-order valence-corrected chi connectivity index (χ4v) is 3.48. The van der Waals surface area contributed by atoms with Crippen molar-refractivity contribution >= 4 is 16.8 Å². The lowest BCUT2D eigenvalue weighted by atomic mass is 10.0. The average molecular weight is 271 g/mol. The summed E-state index contributed by atoms with van der Waals surface area (Å²) in [6.07, 6.45) is 0. The van der Waals surface area contributed by atoms with Gasteiger partial charge < -0.3 is 5.11 Å². The maximum atomic E-state index is 13.7. The topological polar surface area (TPSA) is 66.4 Å². The van der Waals surface area contributed by atoms with Crippen LogP contribution < -0.4 is 5.32 Å². The quantitative estimate of drug-likeness (QED) is 0.844. The molecule has 0 spiro atoms. The van der Waals surface area contributed by atoms with Crippen LogP contribution in [-0.4, -0.2) is 32.3 Å². The largest absolute Gasteiger partial charge is 0.480 e. The van der Waals surface area contributed by atoms with Crippen molar-refractivity contribution in [2.75, 3.05) is 5.75 Å². The Morgan fingerprint density at radius 2 is 2.17 bits per heavy atom. The Bertz CT molecular complexity index is 494. The zero-order valence-electron chi connectivity index (χ0n) is 9.80. The predicted molar refractivity (Wildman–Crippen MR) is 66.2 cm³/mol. The fraction of sp³-hybridized carbons (Fsp3) is 0.417. The van der Waals surface area contributed by atoms with E-state index < -0.39 is 34.7 Å². The summed E-state index contributed by atoms with van der Waals surface area (Å²) < 4.78 is 25.6. The van der Waals surface area contributed by atoms with Gasteiger partial charge in [0.15, 0.2) is 0 Å². The second-order valence-corrected chi connectivity index (χ2v) is 6.15. The number of hydrogen-bond donors (Lipinski definition) is 2. The highest BCUT2D eigenvalue weighted by Crippen LogP contribution is 2.27. The molecule has 4 atom stereocenters. The van der Waals surface area contributed by atoms with Crippen LogP contribution in [0.4, 0.5) is 4.39 Å². The Hall–Kier alpha value is -1.27. The minimum Gasteiger partial charge on any atom is -0.480 e. The predicted octanol–water partition coefficient (Wildman–Crippen LogP) is 1.06. The molecule has 1 heterocycles. The van der Waals surface area contributed by atoms with Gasteiger partial charge in [0.2, 0.25) is 0 Å². The first-order chi connectivity index (χ1) is 8.50. The van der Waals surface area contributed by atoms with Crippen LogP contribution in [-0.2, 0) is 15.6 Å². The third-order valence-electron chi connectivity index (χ3n) is 3.13. The zero-order chi connectivity index (χ0) is 13.3. The molecular formula is C12H14FNO3S. The lowest BCUT2D eigenvalue weighted by Crippen LogP contribution is -2.52. The van der Waals surface area contributed by atoms with Gasteiger partial charge in [0.1, 0.15) is 11.9 Å². The molecule has 0 radical (unpaired) electrons. The monoisotopic (exact) mass is 271 g/mol. The van der Waals surface area contributed by atoms with Crippen LogP contribution in [0.5, 0.6) is 0 Å². The summed E-state index contributed by atoms with van der Waals surface area (Å²) in [5.74, 6) is -1.41. The highest BCUT2D eigenvalue weighted by molar-refractivity contribution is 7.85. The van der Waals surface area contributed by atoms with Crippen LogP contribution in [0.3, 0.4) is 0 Å². The first-order valence-electron chi connectivity index (χ1n) is 5.61. The SMILES string of the molecule is CC1C(c2ccccc2F)NC(C(=O)O)CS1=O. The molecule has 18 heavy (non-hydrogen) atoms. The summed E-state index contributed by atoms with van der Waals surface area (Å²) in [5, 5.41) is 11.5. The van der Waals surface area contributed by atoms with Crippen molar-refractivity contribution < 1.29 is 18.5 Å². The second kappa shape index (κ2) is 5.16. The number of benzene rings is 1. The molecule has 0 aromatic heterocycles. The van der Waals surface area contributed by atoms with Crippen LogP contribution in [0.25, 0.3) is 0 Å². The van der Waals surface area contributed by atoms with Gasteiger partial charge in [0.05, 0.1) is 5.25 Å². The molecule has 0 aliphatic carbocycles. The van der Waals surface area contributed by atoms with Gasteiger partial charge in [-0.1, -0.05) is 18.2 Å². The number of hydrogen-bond acceptors (Lipinski definition) is 3. The van der Waals surface area contributed by atoms with Crippen molar-refractivity contribution in [2.24, 2.45) is 0 Å². The summed E-state index contributed by atoms with van der Waals surface area (Å²) in [5.41, 5.74) is 0.365. The number of aliphatic carboxylic acids is 1. The van der Waals surface area contributed by atoms with Crippen molar-refractivity contribution in [3.63, 3.8) is 0 Å². The Balaban J connectivity index is 2.33. The summed E-state index contributed by atoms with van der Waals surface area (Å²) in [7, 11) is -1.28. The van der Waals surface area contributed by atoms with Crippen molar-refractivity contribution in [2.45, 2.75) is 24.3 Å². The van der Waals surface area contributed by atoms with Crippen LogP contribution in [0, 0.1) is 5.82 Å². The van der Waals surface area contributed by atoms with Crippen molar-refractivity contribution in [1.82, 2.24) is 5.32 Å². The van der Waals surface area contributed by atoms with Crippen LogP contribution in [0.1, 0.15) is 18.5 Å². The first kappa shape index (κ1) is 13.2. The first-order valence-corrected chi connectivity index (χ1v) is 6.99.